The minimum absolute atomic E-state index is 0.0282. The van der Waals surface area contributed by atoms with Gasteiger partial charge in [0.15, 0.2) is 5.13 Å². The third kappa shape index (κ3) is 2.40. The van der Waals surface area contributed by atoms with E-state index in [1.54, 1.807) is 0 Å². The Hall–Kier alpha value is -2.15. The lowest BCUT2D eigenvalue weighted by Gasteiger charge is -2.06. The maximum Gasteiger partial charge on any atom is 0.339 e. The predicted molar refractivity (Wildman–Crippen MR) is 70.5 cm³/mol. The van der Waals surface area contributed by atoms with Gasteiger partial charge in [-0.05, 0) is 19.9 Å². The zero-order valence-electron chi connectivity index (χ0n) is 9.89. The van der Waals surface area contributed by atoms with Crippen molar-refractivity contribution in [2.45, 2.75) is 13.8 Å². The normalized spacial score (nSPS) is 10.3. The highest BCUT2D eigenvalue weighted by atomic mass is 32.1. The van der Waals surface area contributed by atoms with E-state index >= 15 is 0 Å². The van der Waals surface area contributed by atoms with Crippen molar-refractivity contribution in [3.05, 3.63) is 28.4 Å². The molecule has 0 amide bonds. The Kier molecular flexibility index (Phi) is 3.15. The number of carbonyl (C=O) groups is 1. The largest absolute Gasteiger partial charge is 0.478 e. The van der Waals surface area contributed by atoms with Crippen molar-refractivity contribution in [2.75, 3.05) is 11.1 Å². The van der Waals surface area contributed by atoms with E-state index in [9.17, 15) is 4.79 Å². The van der Waals surface area contributed by atoms with Crippen LogP contribution in [0.2, 0.25) is 0 Å². The smallest absolute Gasteiger partial charge is 0.339 e. The average Bonchev–Trinajstić information content (AvgIpc) is 2.60. The fraction of sp³-hybridized carbons (Fsp3) is 0.182. The maximum atomic E-state index is 11.1. The molecule has 0 aliphatic carbocycles. The van der Waals surface area contributed by atoms with Crippen LogP contribution in [0.3, 0.4) is 0 Å². The van der Waals surface area contributed by atoms with E-state index in [-0.39, 0.29) is 11.4 Å². The number of aromatic carboxylic acids is 1. The summed E-state index contributed by atoms with van der Waals surface area (Å²) in [6, 6.07) is 1.37. The molecule has 0 saturated heterocycles. The van der Waals surface area contributed by atoms with Crippen LogP contribution in [0.1, 0.15) is 20.9 Å². The summed E-state index contributed by atoms with van der Waals surface area (Å²) >= 11 is 1.45. The molecule has 7 heteroatoms. The number of carboxylic acid groups (broad SMARTS) is 1. The number of aryl methyl sites for hydroxylation is 2. The molecule has 2 rings (SSSR count). The Morgan fingerprint density at radius 2 is 2.22 bits per heavy atom. The monoisotopic (exact) mass is 264 g/mol. The summed E-state index contributed by atoms with van der Waals surface area (Å²) in [4.78, 5) is 20.4. The standard InChI is InChI=1S/C11H12N4O2S/c1-5-6(2)18-11(14-5)15-9-8(10(16)17)3-7(12)4-13-9/h3-4H,12H2,1-2H3,(H,16,17)(H,13,14,15). The Labute approximate surface area is 108 Å². The van der Waals surface area contributed by atoms with Gasteiger partial charge in [0.05, 0.1) is 17.6 Å². The predicted octanol–water partition coefficient (Wildman–Crippen LogP) is 2.18. The van der Waals surface area contributed by atoms with Crippen LogP contribution in [-0.2, 0) is 0 Å². The summed E-state index contributed by atoms with van der Waals surface area (Å²) in [5.74, 6) is -0.840. The zero-order valence-corrected chi connectivity index (χ0v) is 10.7. The summed E-state index contributed by atoms with van der Waals surface area (Å²) < 4.78 is 0. The van der Waals surface area contributed by atoms with Crippen LogP contribution >= 0.6 is 11.3 Å². The minimum Gasteiger partial charge on any atom is -0.478 e. The molecule has 4 N–H and O–H groups in total. The first kappa shape index (κ1) is 12.3. The lowest BCUT2D eigenvalue weighted by molar-refractivity contribution is 0.0697. The molecule has 2 aromatic rings. The van der Waals surface area contributed by atoms with Gasteiger partial charge in [-0.1, -0.05) is 0 Å². The topological polar surface area (TPSA) is 101 Å². The number of carboxylic acids is 1. The van der Waals surface area contributed by atoms with Crippen LogP contribution in [0.15, 0.2) is 12.3 Å². The van der Waals surface area contributed by atoms with Crippen molar-refractivity contribution in [2.24, 2.45) is 0 Å². The molecule has 0 spiro atoms. The number of aromatic nitrogens is 2. The van der Waals surface area contributed by atoms with Crippen molar-refractivity contribution in [1.29, 1.82) is 0 Å². The van der Waals surface area contributed by atoms with E-state index in [1.807, 2.05) is 13.8 Å². The molecule has 0 fully saturated rings. The van der Waals surface area contributed by atoms with E-state index in [0.29, 0.717) is 10.8 Å². The highest BCUT2D eigenvalue weighted by molar-refractivity contribution is 7.15. The van der Waals surface area contributed by atoms with Gasteiger partial charge in [-0.2, -0.15) is 0 Å². The quantitative estimate of drug-likeness (QED) is 0.785. The molecule has 18 heavy (non-hydrogen) atoms. The number of anilines is 3. The van der Waals surface area contributed by atoms with Crippen molar-refractivity contribution in [3.8, 4) is 0 Å². The van der Waals surface area contributed by atoms with Crippen LogP contribution in [-0.4, -0.2) is 21.0 Å². The van der Waals surface area contributed by atoms with Crippen LogP contribution < -0.4 is 11.1 Å². The van der Waals surface area contributed by atoms with Gasteiger partial charge in [0, 0.05) is 4.88 Å². The van der Waals surface area contributed by atoms with Crippen LogP contribution in [0.25, 0.3) is 0 Å². The lowest BCUT2D eigenvalue weighted by atomic mass is 10.2. The molecular formula is C11H12N4O2S. The summed E-state index contributed by atoms with van der Waals surface area (Å²) in [5.41, 5.74) is 6.77. The highest BCUT2D eigenvalue weighted by Crippen LogP contribution is 2.26. The van der Waals surface area contributed by atoms with E-state index in [4.69, 9.17) is 10.8 Å². The molecular weight excluding hydrogens is 252 g/mol. The van der Waals surface area contributed by atoms with E-state index < -0.39 is 5.97 Å². The molecule has 0 bridgehead atoms. The van der Waals surface area contributed by atoms with Crippen molar-refractivity contribution < 1.29 is 9.90 Å². The second-order valence-electron chi connectivity index (χ2n) is 3.76. The Morgan fingerprint density at radius 1 is 1.50 bits per heavy atom. The van der Waals surface area contributed by atoms with Gasteiger partial charge < -0.3 is 16.2 Å². The molecule has 0 aliphatic rings. The molecule has 94 valence electrons. The van der Waals surface area contributed by atoms with Crippen LogP contribution in [0, 0.1) is 13.8 Å². The maximum absolute atomic E-state index is 11.1. The van der Waals surface area contributed by atoms with Gasteiger partial charge in [0.25, 0.3) is 0 Å². The van der Waals surface area contributed by atoms with Gasteiger partial charge >= 0.3 is 5.97 Å². The number of nitrogen functional groups attached to an aromatic ring is 1. The molecule has 2 aromatic heterocycles. The van der Waals surface area contributed by atoms with Crippen molar-refractivity contribution in [1.82, 2.24) is 9.97 Å². The molecule has 2 heterocycles. The minimum atomic E-state index is -1.08. The van der Waals surface area contributed by atoms with Crippen molar-refractivity contribution in [3.63, 3.8) is 0 Å². The number of nitrogens with one attached hydrogen (secondary N) is 1. The number of rotatable bonds is 3. The summed E-state index contributed by atoms with van der Waals surface area (Å²) in [5, 5.41) is 12.6. The number of hydrogen-bond donors (Lipinski definition) is 3. The first-order chi connectivity index (χ1) is 8.47. The molecule has 0 atom stereocenters. The van der Waals surface area contributed by atoms with E-state index in [1.165, 1.54) is 23.6 Å². The third-order valence-electron chi connectivity index (χ3n) is 2.39. The van der Waals surface area contributed by atoms with Gasteiger partial charge in [0.1, 0.15) is 11.4 Å². The van der Waals surface area contributed by atoms with Crippen LogP contribution in [0.5, 0.6) is 0 Å². The lowest BCUT2D eigenvalue weighted by Crippen LogP contribution is -2.06. The summed E-state index contributed by atoms with van der Waals surface area (Å²) in [6.45, 7) is 3.85. The van der Waals surface area contributed by atoms with E-state index in [2.05, 4.69) is 15.3 Å². The fourth-order valence-electron chi connectivity index (χ4n) is 1.37. The molecule has 6 nitrogen and oxygen atoms in total. The van der Waals surface area contributed by atoms with Crippen LogP contribution in [0.4, 0.5) is 16.6 Å². The number of nitrogens with two attached hydrogens (primary N) is 1. The SMILES string of the molecule is Cc1nc(Nc2ncc(N)cc2C(=O)O)sc1C. The second kappa shape index (κ2) is 4.61. The molecule has 0 radical (unpaired) electrons. The molecule has 0 unspecified atom stereocenters. The molecule has 0 aliphatic heterocycles. The Bertz CT molecular complexity index is 590. The number of hydrogen-bond acceptors (Lipinski definition) is 6. The molecule has 0 saturated carbocycles. The van der Waals surface area contributed by atoms with Gasteiger partial charge in [-0.15, -0.1) is 11.3 Å². The fourth-order valence-corrected chi connectivity index (χ4v) is 2.18. The summed E-state index contributed by atoms with van der Waals surface area (Å²) in [6.07, 6.45) is 1.40. The first-order valence-electron chi connectivity index (χ1n) is 5.17. The Morgan fingerprint density at radius 3 is 2.78 bits per heavy atom. The summed E-state index contributed by atoms with van der Waals surface area (Å²) in [7, 11) is 0. The van der Waals surface area contributed by atoms with Gasteiger partial charge in [0.2, 0.25) is 0 Å². The number of pyridine rings is 1. The average molecular weight is 264 g/mol. The second-order valence-corrected chi connectivity index (χ2v) is 4.96. The number of nitrogens with zero attached hydrogens (tertiary/aromatic N) is 2. The molecule has 0 aromatic carbocycles. The van der Waals surface area contributed by atoms with Gasteiger partial charge in [-0.25, -0.2) is 14.8 Å². The number of thiazole rings is 1. The van der Waals surface area contributed by atoms with E-state index in [0.717, 1.165) is 10.6 Å². The Balaban J connectivity index is 2.36. The van der Waals surface area contributed by atoms with Crippen molar-refractivity contribution >= 4 is 33.9 Å². The highest BCUT2D eigenvalue weighted by Gasteiger charge is 2.14. The third-order valence-corrected chi connectivity index (χ3v) is 3.38. The zero-order chi connectivity index (χ0) is 13.3. The van der Waals surface area contributed by atoms with Gasteiger partial charge in [-0.3, -0.25) is 0 Å². The first-order valence-corrected chi connectivity index (χ1v) is 5.99.